The highest BCUT2D eigenvalue weighted by atomic mass is 32.2. The molecule has 0 spiro atoms. The summed E-state index contributed by atoms with van der Waals surface area (Å²) in [5.74, 6) is -0.352. The van der Waals surface area contributed by atoms with E-state index in [0.717, 1.165) is 34.7 Å². The van der Waals surface area contributed by atoms with E-state index in [1.165, 1.54) is 28.0 Å². The zero-order valence-electron chi connectivity index (χ0n) is 28.8. The minimum absolute atomic E-state index is 0.0913. The average molecular weight is 720 g/mol. The van der Waals surface area contributed by atoms with Crippen molar-refractivity contribution in [2.45, 2.75) is 56.7 Å². The fourth-order valence-corrected chi connectivity index (χ4v) is 8.22. The molecule has 260 valence electrons. The van der Waals surface area contributed by atoms with Crippen LogP contribution < -0.4 is 14.4 Å². The van der Waals surface area contributed by atoms with Gasteiger partial charge in [-0.05, 0) is 72.9 Å². The number of hydrogen-bond acceptors (Lipinski definition) is 10. The lowest BCUT2D eigenvalue weighted by Gasteiger charge is -2.23. The van der Waals surface area contributed by atoms with Crippen molar-refractivity contribution in [1.82, 2.24) is 19.6 Å². The highest BCUT2D eigenvalue weighted by Crippen LogP contribution is 2.46. The number of aliphatic hydroxyl groups excluding tert-OH is 1. The van der Waals surface area contributed by atoms with Gasteiger partial charge in [-0.1, -0.05) is 91.0 Å². The van der Waals surface area contributed by atoms with Crippen LogP contribution in [0.15, 0.2) is 88.9 Å². The Morgan fingerprint density at radius 2 is 1.78 bits per heavy atom. The van der Waals surface area contributed by atoms with Gasteiger partial charge in [0.2, 0.25) is 5.13 Å². The second-order valence-electron chi connectivity index (χ2n) is 12.2. The summed E-state index contributed by atoms with van der Waals surface area (Å²) in [5, 5.41) is 23.3. The summed E-state index contributed by atoms with van der Waals surface area (Å²) in [6, 6.07) is 22.5. The lowest BCUT2D eigenvalue weighted by atomic mass is 9.96. The van der Waals surface area contributed by atoms with Crippen LogP contribution in [0.5, 0.6) is 11.5 Å². The third-order valence-corrected chi connectivity index (χ3v) is 11.0. The second kappa shape index (κ2) is 14.6. The van der Waals surface area contributed by atoms with E-state index in [4.69, 9.17) is 14.5 Å². The number of fused-ring (bicyclic) bond motifs is 2. The molecule has 1 unspecified atom stereocenters. The second-order valence-corrected chi connectivity index (χ2v) is 14.4. The SMILES string of the molecule is CCCCOc1ccc(C2C(=C(O)c3nc4c(C)cccn4c3C)C(=O)C(=O)N2c2nnc(SCc3cccc4ccccc34)s2)cc1OCC. The van der Waals surface area contributed by atoms with Crippen LogP contribution in [0.1, 0.15) is 60.8 Å². The number of hydrogen-bond donors (Lipinski definition) is 1. The van der Waals surface area contributed by atoms with Gasteiger partial charge in [0, 0.05) is 11.9 Å². The molecule has 3 aromatic carbocycles. The fourth-order valence-electron chi connectivity index (χ4n) is 6.34. The van der Waals surface area contributed by atoms with Crippen LogP contribution in [0.3, 0.4) is 0 Å². The standard InChI is InChI=1S/C39H37N5O5S2/c1-5-7-20-49-29-18-17-26(21-30(29)48-6-2)33-31(34(45)32-24(4)43-19-11-12-23(3)36(43)40-32)35(46)37(47)44(33)38-41-42-39(51-38)50-22-27-15-10-14-25-13-8-9-16-28(25)27/h8-19,21,33,45H,5-7,20,22H2,1-4H3. The van der Waals surface area contributed by atoms with Crippen molar-refractivity contribution in [2.24, 2.45) is 0 Å². The molecule has 10 nitrogen and oxygen atoms in total. The predicted molar refractivity (Wildman–Crippen MR) is 201 cm³/mol. The van der Waals surface area contributed by atoms with E-state index in [1.54, 1.807) is 18.2 Å². The number of pyridine rings is 1. The van der Waals surface area contributed by atoms with Crippen molar-refractivity contribution in [2.75, 3.05) is 18.1 Å². The summed E-state index contributed by atoms with van der Waals surface area (Å²) < 4.78 is 14.5. The minimum Gasteiger partial charge on any atom is -0.505 e. The summed E-state index contributed by atoms with van der Waals surface area (Å²) in [6.45, 7) is 8.61. The molecule has 6 aromatic rings. The van der Waals surface area contributed by atoms with Crippen LogP contribution in [0.2, 0.25) is 0 Å². The number of nitrogens with zero attached hydrogens (tertiary/aromatic N) is 5. The van der Waals surface area contributed by atoms with Gasteiger partial charge in [-0.25, -0.2) is 4.98 Å². The number of anilines is 1. The largest absolute Gasteiger partial charge is 0.505 e. The minimum atomic E-state index is -1.04. The topological polar surface area (TPSA) is 119 Å². The number of ketones is 1. The molecule has 1 saturated heterocycles. The smallest absolute Gasteiger partial charge is 0.301 e. The molecule has 1 atom stereocenters. The Morgan fingerprint density at radius 1 is 0.961 bits per heavy atom. The Kier molecular flexibility index (Phi) is 9.79. The predicted octanol–water partition coefficient (Wildman–Crippen LogP) is 8.45. The van der Waals surface area contributed by atoms with Gasteiger partial charge >= 0.3 is 5.91 Å². The van der Waals surface area contributed by atoms with Crippen molar-refractivity contribution in [3.05, 3.63) is 113 Å². The molecule has 0 saturated carbocycles. The van der Waals surface area contributed by atoms with E-state index in [1.807, 2.05) is 61.7 Å². The van der Waals surface area contributed by atoms with E-state index in [-0.39, 0.29) is 22.2 Å². The van der Waals surface area contributed by atoms with Crippen LogP contribution >= 0.6 is 23.1 Å². The number of aryl methyl sites for hydroxylation is 2. The molecule has 1 N–H and O–H groups in total. The molecule has 3 aromatic heterocycles. The number of carbonyl (C=O) groups excluding carboxylic acids is 2. The quantitative estimate of drug-likeness (QED) is 0.0332. The first-order chi connectivity index (χ1) is 24.8. The first-order valence-electron chi connectivity index (χ1n) is 16.9. The van der Waals surface area contributed by atoms with Gasteiger partial charge in [-0.15, -0.1) is 10.2 Å². The Hall–Kier alpha value is -5.20. The van der Waals surface area contributed by atoms with Crippen molar-refractivity contribution >= 4 is 62.1 Å². The number of aliphatic hydroxyl groups is 1. The Labute approximate surface area is 303 Å². The first-order valence-corrected chi connectivity index (χ1v) is 18.7. The van der Waals surface area contributed by atoms with Crippen molar-refractivity contribution in [3.8, 4) is 11.5 Å². The molecule has 0 bridgehead atoms. The zero-order valence-corrected chi connectivity index (χ0v) is 30.4. The molecular weight excluding hydrogens is 683 g/mol. The van der Waals surface area contributed by atoms with Crippen molar-refractivity contribution in [3.63, 3.8) is 0 Å². The van der Waals surface area contributed by atoms with Gasteiger partial charge in [0.15, 0.2) is 21.6 Å². The van der Waals surface area contributed by atoms with E-state index < -0.39 is 17.7 Å². The number of Topliss-reactive ketones (excluding diaryl/α,β-unsaturated/α-hetero) is 1. The lowest BCUT2D eigenvalue weighted by molar-refractivity contribution is -0.132. The van der Waals surface area contributed by atoms with Gasteiger partial charge < -0.3 is 19.0 Å². The molecule has 0 aliphatic carbocycles. The maximum Gasteiger partial charge on any atom is 0.301 e. The summed E-state index contributed by atoms with van der Waals surface area (Å²) in [4.78, 5) is 34.1. The molecule has 12 heteroatoms. The maximum absolute atomic E-state index is 14.0. The third kappa shape index (κ3) is 6.45. The van der Waals surface area contributed by atoms with E-state index >= 15 is 0 Å². The fraction of sp³-hybridized carbons (Fsp3) is 0.256. The molecule has 1 aliphatic heterocycles. The summed E-state index contributed by atoms with van der Waals surface area (Å²) in [7, 11) is 0. The van der Waals surface area contributed by atoms with Crippen molar-refractivity contribution < 1.29 is 24.2 Å². The van der Waals surface area contributed by atoms with E-state index in [2.05, 4.69) is 41.4 Å². The number of amides is 1. The van der Waals surface area contributed by atoms with Crippen LogP contribution in [-0.4, -0.2) is 49.6 Å². The number of carbonyl (C=O) groups is 2. The van der Waals surface area contributed by atoms with Gasteiger partial charge in [-0.3, -0.25) is 14.5 Å². The number of thioether (sulfide) groups is 1. The molecule has 7 rings (SSSR count). The molecule has 1 fully saturated rings. The number of rotatable bonds is 12. The average Bonchev–Trinajstić information content (AvgIpc) is 3.82. The monoisotopic (exact) mass is 719 g/mol. The number of aromatic nitrogens is 4. The maximum atomic E-state index is 14.0. The Morgan fingerprint density at radius 3 is 2.59 bits per heavy atom. The van der Waals surface area contributed by atoms with E-state index in [0.29, 0.717) is 51.7 Å². The summed E-state index contributed by atoms with van der Waals surface area (Å²) in [6.07, 6.45) is 3.70. The van der Waals surface area contributed by atoms with Gasteiger partial charge in [0.25, 0.3) is 5.78 Å². The van der Waals surface area contributed by atoms with Gasteiger partial charge in [0.1, 0.15) is 11.3 Å². The lowest BCUT2D eigenvalue weighted by Crippen LogP contribution is -2.29. The normalized spacial score (nSPS) is 15.7. The van der Waals surface area contributed by atoms with Crippen LogP contribution in [0, 0.1) is 13.8 Å². The van der Waals surface area contributed by atoms with Gasteiger partial charge in [-0.2, -0.15) is 0 Å². The highest BCUT2D eigenvalue weighted by Gasteiger charge is 2.49. The number of unbranched alkanes of at least 4 members (excludes halogenated alkanes) is 1. The van der Waals surface area contributed by atoms with Crippen LogP contribution in [-0.2, 0) is 15.3 Å². The number of imidazole rings is 1. The Balaban J connectivity index is 1.31. The zero-order chi connectivity index (χ0) is 35.6. The Bertz CT molecular complexity index is 2310. The molecule has 0 radical (unpaired) electrons. The molecule has 1 amide bonds. The molecule has 51 heavy (non-hydrogen) atoms. The number of ether oxygens (including phenoxy) is 2. The molecular formula is C39H37N5O5S2. The summed E-state index contributed by atoms with van der Waals surface area (Å²) >= 11 is 2.73. The molecule has 1 aliphatic rings. The first kappa shape index (κ1) is 34.3. The number of benzene rings is 3. The van der Waals surface area contributed by atoms with Crippen LogP contribution in [0.25, 0.3) is 22.2 Å². The van der Waals surface area contributed by atoms with Gasteiger partial charge in [0.05, 0.1) is 30.5 Å². The van der Waals surface area contributed by atoms with E-state index in [9.17, 15) is 14.7 Å². The molecule has 4 heterocycles. The summed E-state index contributed by atoms with van der Waals surface area (Å²) in [5.41, 5.74) is 4.00. The third-order valence-electron chi connectivity index (χ3n) is 8.92. The van der Waals surface area contributed by atoms with Crippen LogP contribution in [0.4, 0.5) is 5.13 Å². The highest BCUT2D eigenvalue weighted by molar-refractivity contribution is 8.00. The van der Waals surface area contributed by atoms with Crippen molar-refractivity contribution in [1.29, 1.82) is 0 Å².